The number of hydrogen-bond donors (Lipinski definition) is 0. The van der Waals surface area contributed by atoms with Crippen LogP contribution >= 0.6 is 0 Å². The van der Waals surface area contributed by atoms with Gasteiger partial charge in [-0.3, -0.25) is 9.59 Å². The zero-order valence-electron chi connectivity index (χ0n) is 13.3. The van der Waals surface area contributed by atoms with Gasteiger partial charge in [0, 0.05) is 17.0 Å². The molecule has 0 saturated heterocycles. The van der Waals surface area contributed by atoms with Crippen molar-refractivity contribution in [3.05, 3.63) is 46.8 Å². The van der Waals surface area contributed by atoms with Gasteiger partial charge < -0.3 is 4.74 Å². The highest BCUT2D eigenvalue weighted by atomic mass is 16.5. The highest BCUT2D eigenvalue weighted by Gasteiger charge is 2.22. The Labute approximate surface area is 129 Å². The van der Waals surface area contributed by atoms with E-state index >= 15 is 0 Å². The minimum absolute atomic E-state index is 0.0364. The first-order valence-corrected chi connectivity index (χ1v) is 7.08. The molecule has 0 aliphatic carbocycles. The van der Waals surface area contributed by atoms with Crippen molar-refractivity contribution in [1.82, 2.24) is 9.78 Å². The van der Waals surface area contributed by atoms with Gasteiger partial charge in [0.1, 0.15) is 12.3 Å². The molecule has 0 aliphatic rings. The summed E-state index contributed by atoms with van der Waals surface area (Å²) < 4.78 is 6.51. The number of ketones is 1. The molecule has 2 rings (SSSR count). The number of ether oxygens (including phenoxy) is 1. The first-order chi connectivity index (χ1) is 10.3. The van der Waals surface area contributed by atoms with Crippen molar-refractivity contribution in [2.24, 2.45) is 5.41 Å². The number of aromatic nitrogens is 2. The van der Waals surface area contributed by atoms with E-state index in [0.717, 1.165) is 5.56 Å². The van der Waals surface area contributed by atoms with Crippen molar-refractivity contribution in [3.8, 4) is 17.0 Å². The van der Waals surface area contributed by atoms with Gasteiger partial charge in [-0.2, -0.15) is 5.10 Å². The second kappa shape index (κ2) is 6.13. The molecule has 5 heteroatoms. The number of benzene rings is 1. The van der Waals surface area contributed by atoms with E-state index in [1.807, 2.05) is 45.0 Å². The number of Topliss-reactive ketones (excluding diaryl/α,β-unsaturated/α-hetero) is 1. The van der Waals surface area contributed by atoms with E-state index in [0.29, 0.717) is 11.4 Å². The van der Waals surface area contributed by atoms with Crippen LogP contribution in [0.25, 0.3) is 11.3 Å². The van der Waals surface area contributed by atoms with Gasteiger partial charge in [0.25, 0.3) is 5.56 Å². The van der Waals surface area contributed by atoms with E-state index in [2.05, 4.69) is 5.10 Å². The predicted molar refractivity (Wildman–Crippen MR) is 84.9 cm³/mol. The summed E-state index contributed by atoms with van der Waals surface area (Å²) in [5.41, 5.74) is 0.568. The van der Waals surface area contributed by atoms with E-state index in [4.69, 9.17) is 4.74 Å². The van der Waals surface area contributed by atoms with Gasteiger partial charge in [0.05, 0.1) is 12.8 Å². The third-order valence-corrected chi connectivity index (χ3v) is 3.38. The predicted octanol–water partition coefficient (Wildman–Crippen LogP) is 2.53. The third kappa shape index (κ3) is 3.42. The molecule has 1 aromatic heterocycles. The Kier molecular flexibility index (Phi) is 4.45. The number of methoxy groups -OCH3 is 1. The quantitative estimate of drug-likeness (QED) is 0.870. The molecule has 0 bridgehead atoms. The van der Waals surface area contributed by atoms with Crippen LogP contribution in [0.15, 0.2) is 41.2 Å². The minimum atomic E-state index is -0.512. The maximum atomic E-state index is 12.1. The van der Waals surface area contributed by atoms with E-state index in [9.17, 15) is 9.59 Å². The van der Waals surface area contributed by atoms with Gasteiger partial charge >= 0.3 is 0 Å². The van der Waals surface area contributed by atoms with Crippen LogP contribution in [0.3, 0.4) is 0 Å². The Bertz CT molecular complexity index is 742. The first-order valence-electron chi connectivity index (χ1n) is 7.08. The fourth-order valence-corrected chi connectivity index (χ4v) is 1.94. The molecule has 0 amide bonds. The van der Waals surface area contributed by atoms with Crippen molar-refractivity contribution < 1.29 is 9.53 Å². The van der Waals surface area contributed by atoms with E-state index < -0.39 is 5.41 Å². The molecular weight excluding hydrogens is 280 g/mol. The summed E-state index contributed by atoms with van der Waals surface area (Å²) in [5, 5.41) is 4.31. The molecule has 1 aromatic carbocycles. The summed E-state index contributed by atoms with van der Waals surface area (Å²) in [6.07, 6.45) is 0. The highest BCUT2D eigenvalue weighted by Crippen LogP contribution is 2.27. The monoisotopic (exact) mass is 300 g/mol. The average molecular weight is 300 g/mol. The Hall–Kier alpha value is -2.43. The fourth-order valence-electron chi connectivity index (χ4n) is 1.94. The smallest absolute Gasteiger partial charge is 0.267 e. The Morgan fingerprint density at radius 2 is 1.86 bits per heavy atom. The Morgan fingerprint density at radius 3 is 2.50 bits per heavy atom. The number of rotatable bonds is 4. The van der Waals surface area contributed by atoms with E-state index in [-0.39, 0.29) is 17.9 Å². The number of hydrogen-bond acceptors (Lipinski definition) is 4. The van der Waals surface area contributed by atoms with Crippen LogP contribution < -0.4 is 10.3 Å². The average Bonchev–Trinajstić information content (AvgIpc) is 2.48. The van der Waals surface area contributed by atoms with Crippen LogP contribution in [0.1, 0.15) is 20.8 Å². The Balaban J connectivity index is 2.43. The molecule has 2 aromatic rings. The maximum Gasteiger partial charge on any atom is 0.267 e. The number of para-hydroxylation sites is 1. The summed E-state index contributed by atoms with van der Waals surface area (Å²) in [6.45, 7) is 5.44. The molecule has 0 fully saturated rings. The lowest BCUT2D eigenvalue weighted by molar-refractivity contribution is -0.127. The van der Waals surface area contributed by atoms with Gasteiger partial charge in [-0.15, -0.1) is 0 Å². The fraction of sp³-hybridized carbons (Fsp3) is 0.353. The lowest BCUT2D eigenvalue weighted by Gasteiger charge is -2.17. The highest BCUT2D eigenvalue weighted by molar-refractivity contribution is 5.83. The second-order valence-electron chi connectivity index (χ2n) is 6.09. The first kappa shape index (κ1) is 15.9. The largest absolute Gasteiger partial charge is 0.496 e. The molecular formula is C17H20N2O3. The van der Waals surface area contributed by atoms with Gasteiger partial charge in [-0.1, -0.05) is 32.9 Å². The molecule has 0 unspecified atom stereocenters. The van der Waals surface area contributed by atoms with Crippen LogP contribution in [0.5, 0.6) is 5.75 Å². The molecule has 0 aliphatic heterocycles. The molecule has 22 heavy (non-hydrogen) atoms. The SMILES string of the molecule is COc1ccccc1-c1ccc(=O)n(CC(=O)C(C)(C)C)n1. The summed E-state index contributed by atoms with van der Waals surface area (Å²) >= 11 is 0. The van der Waals surface area contributed by atoms with E-state index in [1.165, 1.54) is 10.7 Å². The minimum Gasteiger partial charge on any atom is -0.496 e. The van der Waals surface area contributed by atoms with Crippen LogP contribution in [0.4, 0.5) is 0 Å². The molecule has 0 spiro atoms. The molecule has 1 heterocycles. The zero-order valence-corrected chi connectivity index (χ0v) is 13.3. The number of carbonyl (C=O) groups excluding carboxylic acids is 1. The van der Waals surface area contributed by atoms with Gasteiger partial charge in [-0.05, 0) is 18.2 Å². The van der Waals surface area contributed by atoms with Crippen LogP contribution in [0, 0.1) is 5.41 Å². The zero-order chi connectivity index (χ0) is 16.3. The molecule has 0 N–H and O–H groups in total. The summed E-state index contributed by atoms with van der Waals surface area (Å²) in [6, 6.07) is 10.5. The number of carbonyl (C=O) groups is 1. The summed E-state index contributed by atoms with van der Waals surface area (Å²) in [4.78, 5) is 24.1. The van der Waals surface area contributed by atoms with Crippen LogP contribution in [-0.2, 0) is 11.3 Å². The van der Waals surface area contributed by atoms with Crippen LogP contribution in [0.2, 0.25) is 0 Å². The van der Waals surface area contributed by atoms with Crippen molar-refractivity contribution in [2.45, 2.75) is 27.3 Å². The summed E-state index contributed by atoms with van der Waals surface area (Å²) in [5.74, 6) is 0.627. The summed E-state index contributed by atoms with van der Waals surface area (Å²) in [7, 11) is 1.58. The molecule has 0 atom stereocenters. The molecule has 0 radical (unpaired) electrons. The standard InChI is InChI=1S/C17H20N2O3/c1-17(2,3)15(20)11-19-16(21)10-9-13(18-19)12-7-5-6-8-14(12)22-4/h5-10H,11H2,1-4H3. The van der Waals surface area contributed by atoms with E-state index in [1.54, 1.807) is 13.2 Å². The maximum absolute atomic E-state index is 12.1. The van der Waals surface area contributed by atoms with Crippen molar-refractivity contribution >= 4 is 5.78 Å². The topological polar surface area (TPSA) is 61.2 Å². The van der Waals surface area contributed by atoms with Gasteiger partial charge in [0.2, 0.25) is 0 Å². The van der Waals surface area contributed by atoms with Crippen molar-refractivity contribution in [2.75, 3.05) is 7.11 Å². The van der Waals surface area contributed by atoms with Crippen LogP contribution in [-0.4, -0.2) is 22.7 Å². The lowest BCUT2D eigenvalue weighted by Crippen LogP contribution is -2.32. The molecule has 116 valence electrons. The second-order valence-corrected chi connectivity index (χ2v) is 6.09. The Morgan fingerprint density at radius 1 is 1.18 bits per heavy atom. The number of nitrogens with zero attached hydrogens (tertiary/aromatic N) is 2. The van der Waals surface area contributed by atoms with Crippen molar-refractivity contribution in [1.29, 1.82) is 0 Å². The normalized spacial score (nSPS) is 11.3. The molecule has 0 saturated carbocycles. The molecule has 5 nitrogen and oxygen atoms in total. The lowest BCUT2D eigenvalue weighted by atomic mass is 9.91. The van der Waals surface area contributed by atoms with Crippen molar-refractivity contribution in [3.63, 3.8) is 0 Å². The van der Waals surface area contributed by atoms with Gasteiger partial charge in [-0.25, -0.2) is 4.68 Å². The van der Waals surface area contributed by atoms with Gasteiger partial charge in [0.15, 0.2) is 5.78 Å². The third-order valence-electron chi connectivity index (χ3n) is 3.38.